The highest BCUT2D eigenvalue weighted by molar-refractivity contribution is 7.89. The van der Waals surface area contributed by atoms with Crippen LogP contribution in [0.15, 0.2) is 78.0 Å². The van der Waals surface area contributed by atoms with Crippen molar-refractivity contribution in [1.29, 1.82) is 0 Å². The zero-order valence-electron chi connectivity index (χ0n) is 17.9. The van der Waals surface area contributed by atoms with Crippen LogP contribution in [0.1, 0.15) is 11.1 Å². The highest BCUT2D eigenvalue weighted by Gasteiger charge is 2.28. The van der Waals surface area contributed by atoms with Gasteiger partial charge in [0.15, 0.2) is 11.5 Å². The highest BCUT2D eigenvalue weighted by Crippen LogP contribution is 2.31. The van der Waals surface area contributed by atoms with Crippen molar-refractivity contribution in [3.8, 4) is 11.5 Å². The number of carbonyl (C=O) groups excluding carboxylic acids is 1. The fraction of sp³-hybridized carbons (Fsp3) is 0.217. The fourth-order valence-electron chi connectivity index (χ4n) is 3.06. The van der Waals surface area contributed by atoms with Crippen molar-refractivity contribution in [2.24, 2.45) is 0 Å². The molecule has 0 unspecified atom stereocenters. The predicted octanol–water partition coefficient (Wildman–Crippen LogP) is 2.61. The molecule has 3 aromatic rings. The number of carbonyl (C=O) groups is 1. The zero-order chi connectivity index (χ0) is 23.0. The van der Waals surface area contributed by atoms with Crippen LogP contribution in [0.2, 0.25) is 0 Å². The first-order valence-corrected chi connectivity index (χ1v) is 11.3. The number of pyridine rings is 1. The highest BCUT2D eigenvalue weighted by atomic mass is 32.2. The third-order valence-electron chi connectivity index (χ3n) is 4.73. The number of nitrogens with one attached hydrogen (secondary N) is 1. The number of amides is 1. The van der Waals surface area contributed by atoms with Gasteiger partial charge in [0.05, 0.1) is 25.7 Å². The van der Waals surface area contributed by atoms with Gasteiger partial charge in [0.1, 0.15) is 0 Å². The summed E-state index contributed by atoms with van der Waals surface area (Å²) in [6, 6.07) is 17.0. The van der Waals surface area contributed by atoms with Gasteiger partial charge in [0.2, 0.25) is 15.9 Å². The molecule has 0 fully saturated rings. The monoisotopic (exact) mass is 455 g/mol. The smallest absolute Gasteiger partial charge is 0.243 e. The Bertz CT molecular complexity index is 1140. The maximum Gasteiger partial charge on any atom is 0.243 e. The van der Waals surface area contributed by atoms with Gasteiger partial charge in [-0.15, -0.1) is 0 Å². The van der Waals surface area contributed by atoms with Crippen molar-refractivity contribution in [1.82, 2.24) is 14.6 Å². The first-order chi connectivity index (χ1) is 15.4. The molecule has 168 valence electrons. The van der Waals surface area contributed by atoms with Crippen LogP contribution in [-0.2, 0) is 27.9 Å². The number of hydrogen-bond acceptors (Lipinski definition) is 6. The van der Waals surface area contributed by atoms with Gasteiger partial charge in [-0.05, 0) is 29.3 Å². The molecule has 1 aromatic heterocycles. The first kappa shape index (κ1) is 23.2. The van der Waals surface area contributed by atoms with Crippen LogP contribution in [-0.4, -0.2) is 44.4 Å². The molecule has 8 nitrogen and oxygen atoms in total. The lowest BCUT2D eigenvalue weighted by molar-refractivity contribution is -0.121. The molecule has 0 radical (unpaired) electrons. The molecule has 1 heterocycles. The summed E-state index contributed by atoms with van der Waals surface area (Å²) < 4.78 is 38.5. The number of rotatable bonds is 10. The van der Waals surface area contributed by atoms with Crippen molar-refractivity contribution >= 4 is 15.9 Å². The molecule has 0 saturated carbocycles. The van der Waals surface area contributed by atoms with E-state index < -0.39 is 15.9 Å². The van der Waals surface area contributed by atoms with E-state index in [4.69, 9.17) is 9.47 Å². The molecule has 32 heavy (non-hydrogen) atoms. The Morgan fingerprint density at radius 2 is 1.69 bits per heavy atom. The first-order valence-electron chi connectivity index (χ1n) is 9.85. The van der Waals surface area contributed by atoms with Crippen molar-refractivity contribution in [3.63, 3.8) is 0 Å². The third kappa shape index (κ3) is 5.83. The van der Waals surface area contributed by atoms with E-state index >= 15 is 0 Å². The zero-order valence-corrected chi connectivity index (χ0v) is 18.7. The Morgan fingerprint density at radius 3 is 2.34 bits per heavy atom. The van der Waals surface area contributed by atoms with Gasteiger partial charge in [-0.3, -0.25) is 9.78 Å². The van der Waals surface area contributed by atoms with E-state index in [2.05, 4.69) is 10.3 Å². The number of aromatic nitrogens is 1. The minimum atomic E-state index is -4.01. The summed E-state index contributed by atoms with van der Waals surface area (Å²) in [6.07, 6.45) is 3.28. The lowest BCUT2D eigenvalue weighted by Crippen LogP contribution is -2.40. The minimum Gasteiger partial charge on any atom is -0.493 e. The van der Waals surface area contributed by atoms with Crippen LogP contribution >= 0.6 is 0 Å². The Hall–Kier alpha value is -3.43. The van der Waals surface area contributed by atoms with E-state index in [9.17, 15) is 13.2 Å². The van der Waals surface area contributed by atoms with E-state index in [0.29, 0.717) is 5.75 Å². The molecule has 1 N–H and O–H groups in total. The maximum absolute atomic E-state index is 13.5. The molecule has 1 amide bonds. The summed E-state index contributed by atoms with van der Waals surface area (Å²) in [5.41, 5.74) is 1.58. The van der Waals surface area contributed by atoms with Crippen LogP contribution in [0.3, 0.4) is 0 Å². The summed E-state index contributed by atoms with van der Waals surface area (Å²) in [7, 11) is -1.11. The number of nitrogens with zero attached hydrogens (tertiary/aromatic N) is 2. The van der Waals surface area contributed by atoms with Crippen molar-refractivity contribution in [2.45, 2.75) is 18.0 Å². The normalized spacial score (nSPS) is 11.2. The standard InChI is InChI=1S/C23H25N3O5S/c1-30-21-11-10-20(13-22(21)31-2)32(28,29)26(16-18-7-4-3-5-8-18)17-23(27)25-15-19-9-6-12-24-14-19/h3-14H,15-17H2,1-2H3,(H,25,27). The van der Waals surface area contributed by atoms with E-state index in [0.717, 1.165) is 15.4 Å². The molecule has 0 atom stereocenters. The topological polar surface area (TPSA) is 97.8 Å². The summed E-state index contributed by atoms with van der Waals surface area (Å²) in [5, 5.41) is 2.75. The Morgan fingerprint density at radius 1 is 0.969 bits per heavy atom. The third-order valence-corrected chi connectivity index (χ3v) is 6.51. The molecule has 9 heteroatoms. The summed E-state index contributed by atoms with van der Waals surface area (Å²) in [6.45, 7) is -0.0497. The number of hydrogen-bond donors (Lipinski definition) is 1. The SMILES string of the molecule is COc1ccc(S(=O)(=O)N(CC(=O)NCc2cccnc2)Cc2ccccc2)cc1OC. The molecular weight excluding hydrogens is 430 g/mol. The average Bonchev–Trinajstić information content (AvgIpc) is 2.83. The molecule has 0 aliphatic heterocycles. The predicted molar refractivity (Wildman–Crippen MR) is 120 cm³/mol. The molecular formula is C23H25N3O5S. The summed E-state index contributed by atoms with van der Waals surface area (Å²) >= 11 is 0. The Labute approximate surface area is 187 Å². The molecule has 0 spiro atoms. The maximum atomic E-state index is 13.5. The van der Waals surface area contributed by atoms with E-state index in [1.807, 2.05) is 36.4 Å². The van der Waals surface area contributed by atoms with E-state index in [1.54, 1.807) is 18.5 Å². The molecule has 0 saturated heterocycles. The van der Waals surface area contributed by atoms with E-state index in [-0.39, 0.29) is 30.3 Å². The summed E-state index contributed by atoms with van der Waals surface area (Å²) in [4.78, 5) is 16.7. The van der Waals surface area contributed by atoms with Crippen molar-refractivity contribution < 1.29 is 22.7 Å². The van der Waals surface area contributed by atoms with E-state index in [1.165, 1.54) is 32.4 Å². The molecule has 2 aromatic carbocycles. The van der Waals surface area contributed by atoms with Crippen LogP contribution in [0.4, 0.5) is 0 Å². The Balaban J connectivity index is 1.85. The van der Waals surface area contributed by atoms with Gasteiger partial charge in [0.25, 0.3) is 0 Å². The lowest BCUT2D eigenvalue weighted by Gasteiger charge is -2.22. The van der Waals surface area contributed by atoms with Crippen molar-refractivity contribution in [2.75, 3.05) is 20.8 Å². The minimum absolute atomic E-state index is 0.00569. The Kier molecular flexibility index (Phi) is 7.80. The van der Waals surface area contributed by atoms with Crippen LogP contribution in [0.5, 0.6) is 11.5 Å². The lowest BCUT2D eigenvalue weighted by atomic mass is 10.2. The van der Waals surface area contributed by atoms with Gasteiger partial charge < -0.3 is 14.8 Å². The second-order valence-corrected chi connectivity index (χ2v) is 8.85. The number of ether oxygens (including phenoxy) is 2. The van der Waals surface area contributed by atoms with Gasteiger partial charge in [-0.2, -0.15) is 4.31 Å². The van der Waals surface area contributed by atoms with Gasteiger partial charge >= 0.3 is 0 Å². The second-order valence-electron chi connectivity index (χ2n) is 6.91. The average molecular weight is 456 g/mol. The molecule has 0 aliphatic rings. The number of sulfonamides is 1. The van der Waals surface area contributed by atoms with Crippen LogP contribution in [0.25, 0.3) is 0 Å². The summed E-state index contributed by atoms with van der Waals surface area (Å²) in [5.74, 6) is 0.276. The fourth-order valence-corrected chi connectivity index (χ4v) is 4.46. The van der Waals surface area contributed by atoms with Gasteiger partial charge in [-0.25, -0.2) is 8.42 Å². The number of methoxy groups -OCH3 is 2. The van der Waals surface area contributed by atoms with Crippen molar-refractivity contribution in [3.05, 3.63) is 84.2 Å². The van der Waals surface area contributed by atoms with Crippen LogP contribution in [0, 0.1) is 0 Å². The number of benzene rings is 2. The quantitative estimate of drug-likeness (QED) is 0.505. The largest absolute Gasteiger partial charge is 0.493 e. The molecule has 0 bridgehead atoms. The molecule has 3 rings (SSSR count). The van der Waals surface area contributed by atoms with Crippen LogP contribution < -0.4 is 14.8 Å². The van der Waals surface area contributed by atoms with Gasteiger partial charge in [0, 0.05) is 31.5 Å². The van der Waals surface area contributed by atoms with Gasteiger partial charge in [-0.1, -0.05) is 36.4 Å². The second kappa shape index (κ2) is 10.7. The molecule has 0 aliphatic carbocycles.